The van der Waals surface area contributed by atoms with Gasteiger partial charge in [-0.25, -0.2) is 4.79 Å². The second kappa shape index (κ2) is 7.00. The first-order chi connectivity index (χ1) is 14.1. The number of benzene rings is 1. The third-order valence-electron chi connectivity index (χ3n) is 5.69. The molecule has 4 rings (SSSR count). The molecule has 1 fully saturated rings. The van der Waals surface area contributed by atoms with E-state index in [1.807, 2.05) is 18.9 Å². The van der Waals surface area contributed by atoms with E-state index in [9.17, 15) is 23.5 Å². The molecule has 3 heterocycles. The second-order valence-corrected chi connectivity index (χ2v) is 8.00. The molecule has 1 atom stereocenters. The Hall–Kier alpha value is -3.10. The fraction of sp³-hybridized carbons (Fsp3) is 0.429. The van der Waals surface area contributed by atoms with Crippen LogP contribution in [0.25, 0.3) is 11.3 Å². The largest absolute Gasteiger partial charge is 0.504 e. The number of fused-ring (bicyclic) bond motifs is 6. The summed E-state index contributed by atoms with van der Waals surface area (Å²) in [5.41, 5.74) is 0.677. The van der Waals surface area contributed by atoms with E-state index in [0.717, 1.165) is 12.8 Å². The molecule has 160 valence electrons. The first-order valence-corrected chi connectivity index (χ1v) is 9.69. The minimum absolute atomic E-state index is 0.103. The number of hydrogen-bond acceptors (Lipinski definition) is 6. The summed E-state index contributed by atoms with van der Waals surface area (Å²) < 4.78 is 36.7. The minimum atomic E-state index is -3.10. The molecule has 2 aliphatic rings. The van der Waals surface area contributed by atoms with E-state index in [1.54, 1.807) is 11.6 Å². The Bertz CT molecular complexity index is 1080. The van der Waals surface area contributed by atoms with Gasteiger partial charge in [-0.15, -0.1) is 0 Å². The first kappa shape index (κ1) is 20.2. The van der Waals surface area contributed by atoms with Crippen molar-refractivity contribution in [1.82, 2.24) is 4.68 Å². The normalized spacial score (nSPS) is 18.6. The predicted molar refractivity (Wildman–Crippen MR) is 105 cm³/mol. The summed E-state index contributed by atoms with van der Waals surface area (Å²) in [6, 6.07) is 3.85. The number of hydrogen-bond donors (Lipinski definition) is 1. The van der Waals surface area contributed by atoms with E-state index < -0.39 is 23.8 Å². The van der Waals surface area contributed by atoms with Gasteiger partial charge in [0.15, 0.2) is 16.9 Å². The van der Waals surface area contributed by atoms with Crippen molar-refractivity contribution in [3.8, 4) is 22.8 Å². The Kier molecular flexibility index (Phi) is 4.71. The molecule has 2 aliphatic heterocycles. The Labute approximate surface area is 171 Å². The van der Waals surface area contributed by atoms with Gasteiger partial charge in [-0.2, -0.15) is 8.78 Å². The molecule has 0 spiro atoms. The monoisotopic (exact) mass is 420 g/mol. The number of carbonyl (C=O) groups excluding carboxylic acids is 1. The van der Waals surface area contributed by atoms with Gasteiger partial charge in [0.05, 0.1) is 23.9 Å². The maximum absolute atomic E-state index is 12.8. The van der Waals surface area contributed by atoms with Crippen LogP contribution in [0.1, 0.15) is 55.6 Å². The van der Waals surface area contributed by atoms with Crippen LogP contribution in [-0.2, 0) is 4.74 Å². The van der Waals surface area contributed by atoms with E-state index >= 15 is 0 Å². The van der Waals surface area contributed by atoms with Crippen molar-refractivity contribution >= 4 is 5.97 Å². The van der Waals surface area contributed by atoms with Crippen molar-refractivity contribution in [3.05, 3.63) is 45.7 Å². The number of pyridine rings is 1. The minimum Gasteiger partial charge on any atom is -0.504 e. The maximum Gasteiger partial charge on any atom is 0.387 e. The van der Waals surface area contributed by atoms with Crippen molar-refractivity contribution in [2.24, 2.45) is 0 Å². The van der Waals surface area contributed by atoms with Crippen molar-refractivity contribution < 1.29 is 28.2 Å². The summed E-state index contributed by atoms with van der Waals surface area (Å²) in [6.45, 7) is 2.76. The molecule has 0 saturated carbocycles. The number of phenolic OH excluding ortho intramolecular Hbond substituents is 1. The van der Waals surface area contributed by atoms with Gasteiger partial charge in [0.25, 0.3) is 0 Å². The second-order valence-electron chi connectivity index (χ2n) is 8.00. The number of ether oxygens (including phenoxy) is 2. The van der Waals surface area contributed by atoms with Crippen LogP contribution in [0.2, 0.25) is 0 Å². The van der Waals surface area contributed by atoms with E-state index in [4.69, 9.17) is 4.74 Å². The quantitative estimate of drug-likeness (QED) is 0.762. The van der Waals surface area contributed by atoms with Crippen LogP contribution >= 0.6 is 0 Å². The average Bonchev–Trinajstić information content (AvgIpc) is 2.98. The van der Waals surface area contributed by atoms with E-state index in [-0.39, 0.29) is 29.5 Å². The SMILES string of the molecule is CCOC(=O)c1cn2c(cc1=O)-c1cc(OC(F)F)c(O)cc1C1CCC(C)(C)N12. The number of esters is 1. The zero-order chi connectivity index (χ0) is 21.8. The molecule has 1 aromatic heterocycles. The highest BCUT2D eigenvalue weighted by Crippen LogP contribution is 2.50. The fourth-order valence-corrected chi connectivity index (χ4v) is 4.42. The molecule has 1 saturated heterocycles. The van der Waals surface area contributed by atoms with Gasteiger partial charge in [-0.3, -0.25) is 14.5 Å². The predicted octanol–water partition coefficient (Wildman–Crippen LogP) is 3.56. The van der Waals surface area contributed by atoms with Crippen LogP contribution in [-0.4, -0.2) is 34.5 Å². The topological polar surface area (TPSA) is 81.0 Å². The Balaban J connectivity index is 1.97. The first-order valence-electron chi connectivity index (χ1n) is 9.69. The number of nitrogens with zero attached hydrogens (tertiary/aromatic N) is 2. The molecule has 1 unspecified atom stereocenters. The molecule has 0 amide bonds. The van der Waals surface area contributed by atoms with Gasteiger partial charge in [-0.1, -0.05) is 0 Å². The highest BCUT2D eigenvalue weighted by atomic mass is 19.3. The Morgan fingerprint density at radius 3 is 2.73 bits per heavy atom. The number of rotatable bonds is 4. The van der Waals surface area contributed by atoms with Gasteiger partial charge in [0.2, 0.25) is 0 Å². The van der Waals surface area contributed by atoms with Crippen molar-refractivity contribution in [2.75, 3.05) is 11.6 Å². The van der Waals surface area contributed by atoms with Crippen molar-refractivity contribution in [1.29, 1.82) is 0 Å². The fourth-order valence-electron chi connectivity index (χ4n) is 4.42. The van der Waals surface area contributed by atoms with E-state index in [0.29, 0.717) is 16.8 Å². The van der Waals surface area contributed by atoms with Crippen LogP contribution in [0.3, 0.4) is 0 Å². The van der Waals surface area contributed by atoms with E-state index in [2.05, 4.69) is 4.74 Å². The van der Waals surface area contributed by atoms with Gasteiger partial charge in [0, 0.05) is 17.8 Å². The summed E-state index contributed by atoms with van der Waals surface area (Å²) >= 11 is 0. The summed E-state index contributed by atoms with van der Waals surface area (Å²) in [6.07, 6.45) is 3.00. The summed E-state index contributed by atoms with van der Waals surface area (Å²) in [5.74, 6) is -1.48. The highest BCUT2D eigenvalue weighted by molar-refractivity contribution is 5.89. The number of aromatic hydroxyl groups is 1. The highest BCUT2D eigenvalue weighted by Gasteiger charge is 2.45. The van der Waals surface area contributed by atoms with Crippen LogP contribution in [0, 0.1) is 0 Å². The van der Waals surface area contributed by atoms with Crippen LogP contribution in [0.15, 0.2) is 29.2 Å². The smallest absolute Gasteiger partial charge is 0.387 e. The number of phenols is 1. The molecule has 1 aromatic carbocycles. The number of carbonyl (C=O) groups is 1. The molecule has 0 bridgehead atoms. The van der Waals surface area contributed by atoms with Crippen LogP contribution in [0.4, 0.5) is 8.78 Å². The zero-order valence-corrected chi connectivity index (χ0v) is 16.8. The Morgan fingerprint density at radius 1 is 1.33 bits per heavy atom. The Morgan fingerprint density at radius 2 is 2.07 bits per heavy atom. The van der Waals surface area contributed by atoms with E-state index in [1.165, 1.54) is 24.4 Å². The average molecular weight is 420 g/mol. The number of halogens is 2. The number of aromatic nitrogens is 1. The third-order valence-corrected chi connectivity index (χ3v) is 5.69. The van der Waals surface area contributed by atoms with Crippen LogP contribution in [0.5, 0.6) is 11.5 Å². The molecule has 9 heteroatoms. The lowest BCUT2D eigenvalue weighted by molar-refractivity contribution is -0.0512. The number of alkyl halides is 2. The molecule has 2 aromatic rings. The van der Waals surface area contributed by atoms with Crippen molar-refractivity contribution in [2.45, 2.75) is 51.8 Å². The summed E-state index contributed by atoms with van der Waals surface area (Å²) in [5, 5.41) is 12.3. The molecule has 0 aliphatic carbocycles. The summed E-state index contributed by atoms with van der Waals surface area (Å²) in [7, 11) is 0. The lowest BCUT2D eigenvalue weighted by Crippen LogP contribution is -2.50. The molecule has 1 N–H and O–H groups in total. The van der Waals surface area contributed by atoms with Gasteiger partial charge in [0.1, 0.15) is 5.56 Å². The van der Waals surface area contributed by atoms with Crippen LogP contribution < -0.4 is 15.2 Å². The molecule has 30 heavy (non-hydrogen) atoms. The molecule has 7 nitrogen and oxygen atoms in total. The standard InChI is InChI=1S/C21H22F2N2O5/c1-4-29-19(28)13-10-24-15(9-16(13)26)12-8-18(30-20(22)23)17(27)7-11(12)14-5-6-21(2,3)25(14)24/h7-10,14,20,27H,4-6H2,1-3H3. The summed E-state index contributed by atoms with van der Waals surface area (Å²) in [4.78, 5) is 24.9. The molecular formula is C21H22F2N2O5. The molecule has 0 radical (unpaired) electrons. The van der Waals surface area contributed by atoms with Gasteiger partial charge in [-0.05, 0) is 51.3 Å². The van der Waals surface area contributed by atoms with Crippen molar-refractivity contribution in [3.63, 3.8) is 0 Å². The van der Waals surface area contributed by atoms with Gasteiger partial charge >= 0.3 is 12.6 Å². The molecular weight excluding hydrogens is 398 g/mol. The zero-order valence-electron chi connectivity index (χ0n) is 16.8. The third kappa shape index (κ3) is 3.09. The maximum atomic E-state index is 12.8. The lowest BCUT2D eigenvalue weighted by atomic mass is 9.93. The van der Waals surface area contributed by atoms with Gasteiger partial charge < -0.3 is 14.6 Å². The lowest BCUT2D eigenvalue weighted by Gasteiger charge is -2.44.